The van der Waals surface area contributed by atoms with Gasteiger partial charge in [-0.15, -0.1) is 0 Å². The van der Waals surface area contributed by atoms with Crippen molar-refractivity contribution >= 4 is 19.4 Å². The molecule has 3 heteroatoms. The van der Waals surface area contributed by atoms with Gasteiger partial charge in [0.2, 0.25) is 0 Å². The SMILES string of the molecule is CC(C)=C[SiH2]N[SiH2]C=C(C)C. The molecule has 0 aliphatic carbocycles. The average Bonchev–Trinajstić information content (AvgIpc) is 1.85. The van der Waals surface area contributed by atoms with E-state index >= 15 is 0 Å². The van der Waals surface area contributed by atoms with Gasteiger partial charge in [0.25, 0.3) is 0 Å². The molecule has 0 radical (unpaired) electrons. The summed E-state index contributed by atoms with van der Waals surface area (Å²) >= 11 is 0. The van der Waals surface area contributed by atoms with Crippen LogP contribution in [0.4, 0.5) is 0 Å². The Bertz CT molecular complexity index is 135. The molecule has 0 amide bonds. The van der Waals surface area contributed by atoms with Crippen molar-refractivity contribution < 1.29 is 0 Å². The first-order valence-corrected chi connectivity index (χ1v) is 7.15. The van der Waals surface area contributed by atoms with Crippen molar-refractivity contribution in [3.05, 3.63) is 22.5 Å². The van der Waals surface area contributed by atoms with Crippen LogP contribution in [0.1, 0.15) is 27.7 Å². The summed E-state index contributed by atoms with van der Waals surface area (Å²) in [7, 11) is -0.148. The highest BCUT2D eigenvalue weighted by Crippen LogP contribution is 1.85. The molecule has 0 fully saturated rings. The van der Waals surface area contributed by atoms with Gasteiger partial charge in [0.15, 0.2) is 0 Å². The van der Waals surface area contributed by atoms with Crippen LogP contribution in [0.3, 0.4) is 0 Å². The molecule has 11 heavy (non-hydrogen) atoms. The lowest BCUT2D eigenvalue weighted by atomic mass is 10.4. The molecular formula is C8H19NSi2. The first kappa shape index (κ1) is 10.9. The monoisotopic (exact) mass is 185 g/mol. The van der Waals surface area contributed by atoms with Crippen molar-refractivity contribution in [1.29, 1.82) is 0 Å². The highest BCUT2D eigenvalue weighted by Gasteiger charge is 1.82. The van der Waals surface area contributed by atoms with E-state index < -0.39 is 0 Å². The molecule has 0 aromatic heterocycles. The van der Waals surface area contributed by atoms with Crippen molar-refractivity contribution in [2.24, 2.45) is 0 Å². The molecule has 0 aliphatic heterocycles. The van der Waals surface area contributed by atoms with Crippen LogP contribution in [-0.4, -0.2) is 19.4 Å². The zero-order valence-corrected chi connectivity index (χ0v) is 10.9. The van der Waals surface area contributed by atoms with Crippen molar-refractivity contribution in [2.75, 3.05) is 0 Å². The van der Waals surface area contributed by atoms with E-state index in [-0.39, 0.29) is 19.4 Å². The predicted molar refractivity (Wildman–Crippen MR) is 59.1 cm³/mol. The average molecular weight is 185 g/mol. The molecule has 0 saturated carbocycles. The summed E-state index contributed by atoms with van der Waals surface area (Å²) < 4.78 is 3.57. The standard InChI is InChI=1S/C8H19NSi2/c1-7(2)5-10-9-11-6-8(3)4/h5-6,9H,10-11H2,1-4H3. The molecule has 64 valence electrons. The second-order valence-corrected chi connectivity index (χ2v) is 6.85. The Morgan fingerprint density at radius 2 is 1.27 bits per heavy atom. The Balaban J connectivity index is 3.29. The van der Waals surface area contributed by atoms with Crippen LogP contribution < -0.4 is 4.65 Å². The van der Waals surface area contributed by atoms with Gasteiger partial charge in [-0.2, -0.15) is 0 Å². The Morgan fingerprint density at radius 1 is 0.909 bits per heavy atom. The number of hydrogen-bond donors (Lipinski definition) is 1. The van der Waals surface area contributed by atoms with Crippen LogP contribution >= 0.6 is 0 Å². The van der Waals surface area contributed by atoms with Crippen molar-refractivity contribution in [2.45, 2.75) is 27.7 Å². The largest absolute Gasteiger partial charge is 0.363 e. The van der Waals surface area contributed by atoms with E-state index in [1.165, 1.54) is 11.1 Å². The summed E-state index contributed by atoms with van der Waals surface area (Å²) in [6.07, 6.45) is 0. The first-order chi connectivity index (χ1) is 5.13. The molecule has 1 nitrogen and oxygen atoms in total. The fourth-order valence-electron chi connectivity index (χ4n) is 0.636. The first-order valence-electron chi connectivity index (χ1n) is 4.10. The van der Waals surface area contributed by atoms with Gasteiger partial charge in [-0.25, -0.2) is 0 Å². The highest BCUT2D eigenvalue weighted by atomic mass is 28.3. The van der Waals surface area contributed by atoms with Gasteiger partial charge in [-0.3, -0.25) is 0 Å². The van der Waals surface area contributed by atoms with Crippen LogP contribution in [0.15, 0.2) is 22.5 Å². The maximum atomic E-state index is 3.57. The third-order valence-electron chi connectivity index (χ3n) is 1.31. The normalized spacial score (nSPS) is 11.3. The minimum Gasteiger partial charge on any atom is -0.363 e. The summed E-state index contributed by atoms with van der Waals surface area (Å²) in [5, 5.41) is 0. The van der Waals surface area contributed by atoms with Gasteiger partial charge in [-0.1, -0.05) is 22.5 Å². The summed E-state index contributed by atoms with van der Waals surface area (Å²) in [5.41, 5.74) is 7.64. The van der Waals surface area contributed by atoms with Gasteiger partial charge >= 0.3 is 0 Å². The summed E-state index contributed by atoms with van der Waals surface area (Å²) in [6.45, 7) is 8.66. The van der Waals surface area contributed by atoms with Crippen LogP contribution in [0, 0.1) is 0 Å². The minimum atomic E-state index is -0.0740. The molecule has 0 heterocycles. The van der Waals surface area contributed by atoms with Gasteiger partial charge in [0.05, 0.1) is 0 Å². The fraction of sp³-hybridized carbons (Fsp3) is 0.500. The Kier molecular flexibility index (Phi) is 6.50. The third-order valence-corrected chi connectivity index (χ3v) is 5.66. The summed E-state index contributed by atoms with van der Waals surface area (Å²) in [4.78, 5) is 0. The molecule has 0 aromatic carbocycles. The lowest BCUT2D eigenvalue weighted by Crippen LogP contribution is -2.21. The fourth-order valence-corrected chi connectivity index (χ4v) is 3.27. The molecule has 0 aromatic rings. The molecule has 0 rings (SSSR count). The van der Waals surface area contributed by atoms with Crippen LogP contribution in [0.25, 0.3) is 0 Å². The molecule has 0 aliphatic rings. The molecule has 0 spiro atoms. The van der Waals surface area contributed by atoms with Gasteiger partial charge < -0.3 is 4.65 Å². The maximum Gasteiger partial charge on any atom is 0.109 e. The van der Waals surface area contributed by atoms with Crippen molar-refractivity contribution in [3.63, 3.8) is 0 Å². The van der Waals surface area contributed by atoms with Crippen LogP contribution in [-0.2, 0) is 0 Å². The van der Waals surface area contributed by atoms with E-state index in [4.69, 9.17) is 0 Å². The Hall–Kier alpha value is -0.126. The third kappa shape index (κ3) is 9.87. The number of allylic oxidation sites excluding steroid dienone is 2. The van der Waals surface area contributed by atoms with Gasteiger partial charge in [0.1, 0.15) is 19.4 Å². The predicted octanol–water partition coefficient (Wildman–Crippen LogP) is 0.591. The topological polar surface area (TPSA) is 12.0 Å². The van der Waals surface area contributed by atoms with Gasteiger partial charge in [0, 0.05) is 0 Å². The zero-order chi connectivity index (χ0) is 8.69. The lowest BCUT2D eigenvalue weighted by Gasteiger charge is -1.95. The quantitative estimate of drug-likeness (QED) is 0.499. The molecule has 0 atom stereocenters. The Morgan fingerprint density at radius 3 is 1.55 bits per heavy atom. The lowest BCUT2D eigenvalue weighted by molar-refractivity contribution is 1.39. The summed E-state index contributed by atoms with van der Waals surface area (Å²) in [5.74, 6) is 0. The number of hydrogen-bond acceptors (Lipinski definition) is 1. The minimum absolute atomic E-state index is 0.0740. The smallest absolute Gasteiger partial charge is 0.109 e. The zero-order valence-electron chi connectivity index (χ0n) is 8.07. The molecule has 1 N–H and O–H groups in total. The van der Waals surface area contributed by atoms with Crippen LogP contribution in [0.2, 0.25) is 0 Å². The highest BCUT2D eigenvalue weighted by molar-refractivity contribution is 6.56. The van der Waals surface area contributed by atoms with E-state index in [2.05, 4.69) is 43.7 Å². The second-order valence-electron chi connectivity index (χ2n) is 3.22. The van der Waals surface area contributed by atoms with E-state index in [1.807, 2.05) is 0 Å². The molecule has 0 saturated heterocycles. The second kappa shape index (κ2) is 6.58. The molecule has 0 unspecified atom stereocenters. The summed E-state index contributed by atoms with van der Waals surface area (Å²) in [6, 6.07) is 0. The van der Waals surface area contributed by atoms with E-state index in [0.717, 1.165) is 0 Å². The molecular weight excluding hydrogens is 166 g/mol. The van der Waals surface area contributed by atoms with Crippen molar-refractivity contribution in [1.82, 2.24) is 4.65 Å². The van der Waals surface area contributed by atoms with E-state index in [9.17, 15) is 0 Å². The van der Waals surface area contributed by atoms with E-state index in [1.54, 1.807) is 0 Å². The van der Waals surface area contributed by atoms with Gasteiger partial charge in [-0.05, 0) is 27.7 Å². The van der Waals surface area contributed by atoms with Crippen LogP contribution in [0.5, 0.6) is 0 Å². The van der Waals surface area contributed by atoms with Crippen molar-refractivity contribution in [3.8, 4) is 0 Å². The Labute approximate surface area is 74.8 Å². The number of nitrogens with one attached hydrogen (secondary N) is 1. The maximum absolute atomic E-state index is 3.57. The molecule has 0 bridgehead atoms. The number of rotatable bonds is 4. The van der Waals surface area contributed by atoms with E-state index in [0.29, 0.717) is 0 Å².